The van der Waals surface area contributed by atoms with Crippen LogP contribution in [0.3, 0.4) is 0 Å². The number of hydrogen-bond donors (Lipinski definition) is 1. The standard InChI is InChI=1S/C28H26F3N3O/c1-6-9-23(16-25(20(4)32)28(29,30)31)24-12-13-33-26(17-24)19(3)18-34(5)27(35)15-22-11-8-10-21(7-2)14-22/h2,8-14,16-18H,1,15,32H2,3-5H3/b19-18+,23-16+,25-20-. The van der Waals surface area contributed by atoms with Crippen LogP contribution in [-0.2, 0) is 11.2 Å². The molecule has 1 heterocycles. The van der Waals surface area contributed by atoms with Crippen LogP contribution in [0.25, 0.3) is 11.1 Å². The number of terminal acetylenes is 1. The molecule has 2 rings (SSSR count). The van der Waals surface area contributed by atoms with E-state index in [9.17, 15) is 18.0 Å². The zero-order valence-electron chi connectivity index (χ0n) is 19.8. The van der Waals surface area contributed by atoms with Crippen LogP contribution in [0.1, 0.15) is 36.2 Å². The van der Waals surface area contributed by atoms with Gasteiger partial charge in [-0.2, -0.15) is 13.2 Å². The van der Waals surface area contributed by atoms with Crippen LogP contribution in [0.2, 0.25) is 0 Å². The van der Waals surface area contributed by atoms with Crippen LogP contribution < -0.4 is 5.73 Å². The quantitative estimate of drug-likeness (QED) is 0.319. The zero-order chi connectivity index (χ0) is 26.2. The summed E-state index contributed by atoms with van der Waals surface area (Å²) in [6.45, 7) is 6.42. The predicted octanol–water partition coefficient (Wildman–Crippen LogP) is 5.64. The molecule has 0 spiro atoms. The summed E-state index contributed by atoms with van der Waals surface area (Å²) in [5, 5.41) is 0. The first-order valence-electron chi connectivity index (χ1n) is 10.5. The highest BCUT2D eigenvalue weighted by atomic mass is 19.4. The number of rotatable bonds is 7. The second-order valence-electron chi connectivity index (χ2n) is 7.81. The van der Waals surface area contributed by atoms with Crippen molar-refractivity contribution >= 4 is 17.1 Å². The van der Waals surface area contributed by atoms with E-state index in [1.54, 1.807) is 50.5 Å². The molecular formula is C28H26F3N3O. The molecule has 0 radical (unpaired) electrons. The Kier molecular flexibility index (Phi) is 9.04. The number of aromatic nitrogens is 1. The number of likely N-dealkylation sites (N-methyl/N-ethyl adjacent to an activating group) is 1. The van der Waals surface area contributed by atoms with Crippen molar-refractivity contribution in [2.75, 3.05) is 7.05 Å². The Labute approximate surface area is 203 Å². The summed E-state index contributed by atoms with van der Waals surface area (Å²) in [7, 11) is 1.62. The number of pyridine rings is 1. The van der Waals surface area contributed by atoms with Gasteiger partial charge in [0.1, 0.15) is 0 Å². The van der Waals surface area contributed by atoms with E-state index in [1.165, 1.54) is 24.1 Å². The Balaban J connectivity index is 2.35. The molecule has 0 unspecified atom stereocenters. The molecule has 180 valence electrons. The molecular weight excluding hydrogens is 451 g/mol. The van der Waals surface area contributed by atoms with Crippen LogP contribution in [-0.4, -0.2) is 29.0 Å². The molecule has 0 saturated heterocycles. The van der Waals surface area contributed by atoms with Gasteiger partial charge in [0, 0.05) is 30.7 Å². The minimum atomic E-state index is -4.62. The summed E-state index contributed by atoms with van der Waals surface area (Å²) in [4.78, 5) is 18.4. The minimum absolute atomic E-state index is 0.158. The van der Waals surface area contributed by atoms with Gasteiger partial charge in [-0.15, -0.1) is 12.2 Å². The van der Waals surface area contributed by atoms with E-state index in [4.69, 9.17) is 12.2 Å². The summed E-state index contributed by atoms with van der Waals surface area (Å²) in [6, 6.07) is 10.4. The topological polar surface area (TPSA) is 59.2 Å². The Morgan fingerprint density at radius 2 is 1.97 bits per heavy atom. The number of nitrogens with two attached hydrogens (primary N) is 1. The average molecular weight is 478 g/mol. The summed E-state index contributed by atoms with van der Waals surface area (Å²) in [5.74, 6) is 2.38. The highest BCUT2D eigenvalue weighted by Crippen LogP contribution is 2.31. The van der Waals surface area contributed by atoms with E-state index >= 15 is 0 Å². The number of allylic oxidation sites excluding steroid dienone is 6. The van der Waals surface area contributed by atoms with Gasteiger partial charge in [-0.25, -0.2) is 0 Å². The van der Waals surface area contributed by atoms with E-state index in [0.717, 1.165) is 11.6 Å². The lowest BCUT2D eigenvalue weighted by atomic mass is 10.0. The normalized spacial score (nSPS) is 12.8. The number of alkyl halides is 3. The third kappa shape index (κ3) is 7.63. The smallest absolute Gasteiger partial charge is 0.402 e. The van der Waals surface area contributed by atoms with Crippen LogP contribution in [0.4, 0.5) is 13.2 Å². The third-order valence-electron chi connectivity index (χ3n) is 5.01. The maximum atomic E-state index is 13.4. The number of nitrogens with zero attached hydrogens (tertiary/aromatic N) is 2. The van der Waals surface area contributed by atoms with Crippen LogP contribution in [0.5, 0.6) is 0 Å². The van der Waals surface area contributed by atoms with Crippen molar-refractivity contribution < 1.29 is 18.0 Å². The largest absolute Gasteiger partial charge is 0.418 e. The summed E-state index contributed by atoms with van der Waals surface area (Å²) in [5.41, 5.74) is 9.96. The second kappa shape index (κ2) is 11.7. The minimum Gasteiger partial charge on any atom is -0.402 e. The molecule has 0 aliphatic heterocycles. The van der Waals surface area contributed by atoms with Crippen LogP contribution in [0, 0.1) is 12.3 Å². The van der Waals surface area contributed by atoms with Gasteiger partial charge in [-0.1, -0.05) is 24.6 Å². The van der Waals surface area contributed by atoms with Gasteiger partial charge in [-0.05, 0) is 72.5 Å². The highest BCUT2D eigenvalue weighted by molar-refractivity contribution is 5.82. The van der Waals surface area contributed by atoms with E-state index in [-0.39, 0.29) is 23.6 Å². The van der Waals surface area contributed by atoms with Crippen molar-refractivity contribution in [2.24, 2.45) is 5.73 Å². The maximum Gasteiger partial charge on any atom is 0.418 e. The molecule has 2 N–H and O–H groups in total. The molecule has 0 atom stereocenters. The Bertz CT molecular complexity index is 1280. The Hall–Kier alpha value is -4.27. The average Bonchev–Trinajstić information content (AvgIpc) is 2.80. The molecule has 1 amide bonds. The molecule has 35 heavy (non-hydrogen) atoms. The first-order valence-corrected chi connectivity index (χ1v) is 10.5. The fourth-order valence-electron chi connectivity index (χ4n) is 3.22. The predicted molar refractivity (Wildman–Crippen MR) is 133 cm³/mol. The van der Waals surface area contributed by atoms with Gasteiger partial charge in [0.05, 0.1) is 17.7 Å². The molecule has 1 aromatic carbocycles. The number of hydrogen-bond acceptors (Lipinski definition) is 3. The highest BCUT2D eigenvalue weighted by Gasteiger charge is 2.33. The molecule has 7 heteroatoms. The van der Waals surface area contributed by atoms with E-state index in [0.29, 0.717) is 22.4 Å². The van der Waals surface area contributed by atoms with Crippen LogP contribution in [0.15, 0.2) is 84.5 Å². The first-order chi connectivity index (χ1) is 16.5. The summed E-state index contributed by atoms with van der Waals surface area (Å²) < 4.78 is 40.2. The van der Waals surface area contributed by atoms with E-state index in [1.807, 2.05) is 6.07 Å². The van der Waals surface area contributed by atoms with Gasteiger partial charge < -0.3 is 10.6 Å². The lowest BCUT2D eigenvalue weighted by molar-refractivity contribution is -0.126. The van der Waals surface area contributed by atoms with E-state index in [2.05, 4.69) is 23.2 Å². The summed E-state index contributed by atoms with van der Waals surface area (Å²) >= 11 is 0. The summed E-state index contributed by atoms with van der Waals surface area (Å²) in [6.07, 6.45) is 6.35. The van der Waals surface area contributed by atoms with Crippen LogP contribution >= 0.6 is 0 Å². The molecule has 1 aromatic heterocycles. The second-order valence-corrected chi connectivity index (χ2v) is 7.81. The van der Waals surface area contributed by atoms with Gasteiger partial charge in [0.15, 0.2) is 0 Å². The molecule has 4 nitrogen and oxygen atoms in total. The first kappa shape index (κ1) is 27.0. The number of carbonyl (C=O) groups is 1. The lowest BCUT2D eigenvalue weighted by Crippen LogP contribution is -2.23. The van der Waals surface area contributed by atoms with Gasteiger partial charge in [0.2, 0.25) is 5.91 Å². The van der Waals surface area contributed by atoms with Crippen molar-refractivity contribution in [3.63, 3.8) is 0 Å². The molecule has 0 bridgehead atoms. The van der Waals surface area contributed by atoms with Crippen molar-refractivity contribution in [2.45, 2.75) is 26.4 Å². The molecule has 0 aliphatic rings. The Morgan fingerprint density at radius 1 is 1.26 bits per heavy atom. The number of amides is 1. The number of halogens is 3. The van der Waals surface area contributed by atoms with Crippen molar-refractivity contribution in [1.29, 1.82) is 0 Å². The van der Waals surface area contributed by atoms with Crippen molar-refractivity contribution in [3.8, 4) is 12.3 Å². The number of benzene rings is 1. The fourth-order valence-corrected chi connectivity index (χ4v) is 3.22. The van der Waals surface area contributed by atoms with Gasteiger partial charge in [0.25, 0.3) is 0 Å². The molecule has 0 saturated carbocycles. The fraction of sp³-hybridized carbons (Fsp3) is 0.179. The molecule has 0 fully saturated rings. The monoisotopic (exact) mass is 477 g/mol. The van der Waals surface area contributed by atoms with Gasteiger partial charge >= 0.3 is 6.18 Å². The number of carbonyl (C=O) groups excluding carboxylic acids is 1. The Morgan fingerprint density at radius 3 is 2.57 bits per heavy atom. The third-order valence-corrected chi connectivity index (χ3v) is 5.01. The van der Waals surface area contributed by atoms with Crippen molar-refractivity contribution in [3.05, 3.63) is 107 Å². The van der Waals surface area contributed by atoms with E-state index < -0.39 is 11.7 Å². The van der Waals surface area contributed by atoms with Gasteiger partial charge in [-0.3, -0.25) is 9.78 Å². The van der Waals surface area contributed by atoms with Crippen molar-refractivity contribution in [1.82, 2.24) is 9.88 Å². The molecule has 0 aliphatic carbocycles. The SMILES string of the molecule is C#Cc1cccc(CC(=O)N(C)/C=C(\C)c2cc(/C(C=C=C)=C/C(=C(\C)N)C(F)(F)F)ccn2)c1. The lowest BCUT2D eigenvalue weighted by Gasteiger charge is -2.15. The maximum absolute atomic E-state index is 13.4. The molecule has 2 aromatic rings. The zero-order valence-corrected chi connectivity index (χ0v) is 19.8.